The molecule has 86 valence electrons. The van der Waals surface area contributed by atoms with Gasteiger partial charge >= 0.3 is 0 Å². The molecule has 0 aromatic rings. The van der Waals surface area contributed by atoms with Gasteiger partial charge in [-0.15, -0.1) is 0 Å². The smallest absolute Gasteiger partial charge is 0.0592 e. The van der Waals surface area contributed by atoms with E-state index in [9.17, 15) is 0 Å². The predicted octanol–water partition coefficient (Wildman–Crippen LogP) is 1.14. The summed E-state index contributed by atoms with van der Waals surface area (Å²) in [6.45, 7) is 2.31. The molecule has 0 aliphatic carbocycles. The molecular weight excluding hydrogens is 186 g/mol. The Morgan fingerprint density at radius 3 is 2.73 bits per heavy atom. The van der Waals surface area contributed by atoms with Crippen molar-refractivity contribution in [3.8, 4) is 0 Å². The predicted molar refractivity (Wildman–Crippen MR) is 63.5 cm³/mol. The number of rotatable bonds is 2. The minimum atomic E-state index is 0.582. The first-order chi connectivity index (χ1) is 7.27. The first kappa shape index (κ1) is 11.0. The summed E-state index contributed by atoms with van der Waals surface area (Å²) in [4.78, 5) is 2.28. The van der Waals surface area contributed by atoms with Crippen LogP contribution in [-0.4, -0.2) is 38.3 Å². The number of hydrogen-bond acceptors (Lipinski definition) is 3. The lowest BCUT2D eigenvalue weighted by molar-refractivity contribution is 0.182. The third-order valence-electron chi connectivity index (χ3n) is 3.61. The molecule has 0 saturated carbocycles. The van der Waals surface area contributed by atoms with Gasteiger partial charge in [-0.2, -0.15) is 0 Å². The maximum atomic E-state index is 3.62. The van der Waals surface area contributed by atoms with Gasteiger partial charge < -0.3 is 10.6 Å². The zero-order chi connectivity index (χ0) is 10.7. The molecule has 2 atom stereocenters. The Hall–Kier alpha value is -0.540. The first-order valence-electron chi connectivity index (χ1n) is 6.09. The fourth-order valence-electron chi connectivity index (χ4n) is 2.59. The lowest BCUT2D eigenvalue weighted by Gasteiger charge is -2.35. The van der Waals surface area contributed by atoms with Crippen molar-refractivity contribution >= 4 is 0 Å². The van der Waals surface area contributed by atoms with Gasteiger partial charge in [0.15, 0.2) is 0 Å². The molecule has 1 fully saturated rings. The molecule has 0 aromatic carbocycles. The lowest BCUT2D eigenvalue weighted by Crippen LogP contribution is -2.47. The van der Waals surface area contributed by atoms with Crippen LogP contribution in [0.25, 0.3) is 0 Å². The van der Waals surface area contributed by atoms with E-state index in [0.29, 0.717) is 6.17 Å². The van der Waals surface area contributed by atoms with E-state index in [1.807, 2.05) is 0 Å². The third kappa shape index (κ3) is 2.73. The minimum Gasteiger partial charge on any atom is -0.391 e. The van der Waals surface area contributed by atoms with E-state index < -0.39 is 0 Å². The van der Waals surface area contributed by atoms with Gasteiger partial charge in [0.05, 0.1) is 6.17 Å². The zero-order valence-electron chi connectivity index (χ0n) is 9.92. The quantitative estimate of drug-likeness (QED) is 0.714. The molecule has 2 N–H and O–H groups in total. The van der Waals surface area contributed by atoms with Crippen molar-refractivity contribution in [3.05, 3.63) is 11.8 Å². The SMILES string of the molecule is CN(C)C1CCC(C2=CNCCC2)CN1. The average molecular weight is 209 g/mol. The van der Waals surface area contributed by atoms with Crippen LogP contribution in [0.15, 0.2) is 11.8 Å². The summed E-state index contributed by atoms with van der Waals surface area (Å²) in [5.74, 6) is 0.772. The largest absolute Gasteiger partial charge is 0.391 e. The fraction of sp³-hybridized carbons (Fsp3) is 0.833. The Balaban J connectivity index is 1.85. The highest BCUT2D eigenvalue weighted by Crippen LogP contribution is 2.26. The van der Waals surface area contributed by atoms with Crippen LogP contribution in [0.2, 0.25) is 0 Å². The molecule has 3 heteroatoms. The average Bonchev–Trinajstić information content (AvgIpc) is 2.30. The van der Waals surface area contributed by atoms with Crippen molar-refractivity contribution in [2.24, 2.45) is 5.92 Å². The zero-order valence-corrected chi connectivity index (χ0v) is 9.92. The van der Waals surface area contributed by atoms with Crippen molar-refractivity contribution in [3.63, 3.8) is 0 Å². The van der Waals surface area contributed by atoms with Gasteiger partial charge in [-0.05, 0) is 51.9 Å². The molecule has 0 amide bonds. The Bertz CT molecular complexity index is 227. The third-order valence-corrected chi connectivity index (χ3v) is 3.61. The van der Waals surface area contributed by atoms with Crippen LogP contribution in [0, 0.1) is 5.92 Å². The lowest BCUT2D eigenvalue weighted by atomic mass is 9.87. The fourth-order valence-corrected chi connectivity index (χ4v) is 2.59. The maximum absolute atomic E-state index is 3.62. The Morgan fingerprint density at radius 1 is 1.33 bits per heavy atom. The molecule has 2 heterocycles. The molecular formula is C12H23N3. The van der Waals surface area contributed by atoms with Gasteiger partial charge in [0, 0.05) is 13.1 Å². The van der Waals surface area contributed by atoms with Crippen LogP contribution >= 0.6 is 0 Å². The highest BCUT2D eigenvalue weighted by molar-refractivity contribution is 5.10. The molecule has 0 spiro atoms. The molecule has 3 nitrogen and oxygen atoms in total. The van der Waals surface area contributed by atoms with E-state index >= 15 is 0 Å². The van der Waals surface area contributed by atoms with Crippen LogP contribution in [0.1, 0.15) is 25.7 Å². The second-order valence-corrected chi connectivity index (χ2v) is 4.94. The topological polar surface area (TPSA) is 27.3 Å². The van der Waals surface area contributed by atoms with E-state index in [2.05, 4.69) is 35.8 Å². The summed E-state index contributed by atoms with van der Waals surface area (Å²) >= 11 is 0. The van der Waals surface area contributed by atoms with Crippen LogP contribution < -0.4 is 10.6 Å². The second-order valence-electron chi connectivity index (χ2n) is 4.94. The van der Waals surface area contributed by atoms with Gasteiger partial charge in [0.1, 0.15) is 0 Å². The Labute approximate surface area is 92.9 Å². The molecule has 2 rings (SSSR count). The molecule has 15 heavy (non-hydrogen) atoms. The van der Waals surface area contributed by atoms with Gasteiger partial charge in [0.2, 0.25) is 0 Å². The molecule has 2 unspecified atom stereocenters. The van der Waals surface area contributed by atoms with Gasteiger partial charge in [-0.1, -0.05) is 5.57 Å². The van der Waals surface area contributed by atoms with Crippen molar-refractivity contribution in [2.45, 2.75) is 31.8 Å². The van der Waals surface area contributed by atoms with Crippen molar-refractivity contribution < 1.29 is 0 Å². The first-order valence-corrected chi connectivity index (χ1v) is 6.09. The molecule has 0 radical (unpaired) electrons. The van der Waals surface area contributed by atoms with Crippen molar-refractivity contribution in [1.29, 1.82) is 0 Å². The monoisotopic (exact) mass is 209 g/mol. The second kappa shape index (κ2) is 4.99. The number of nitrogens with zero attached hydrogens (tertiary/aromatic N) is 1. The Kier molecular flexibility index (Phi) is 3.65. The summed E-state index contributed by atoms with van der Waals surface area (Å²) in [5.41, 5.74) is 1.63. The number of nitrogens with one attached hydrogen (secondary N) is 2. The normalized spacial score (nSPS) is 32.3. The summed E-state index contributed by atoms with van der Waals surface area (Å²) in [6, 6.07) is 0. The summed E-state index contributed by atoms with van der Waals surface area (Å²) in [6.07, 6.45) is 8.05. The van der Waals surface area contributed by atoms with Crippen LogP contribution in [0.4, 0.5) is 0 Å². The molecule has 1 saturated heterocycles. The summed E-state index contributed by atoms with van der Waals surface area (Å²) < 4.78 is 0. The highest BCUT2D eigenvalue weighted by Gasteiger charge is 2.24. The van der Waals surface area contributed by atoms with Crippen molar-refractivity contribution in [1.82, 2.24) is 15.5 Å². The summed E-state index contributed by atoms with van der Waals surface area (Å²) in [5, 5.41) is 6.99. The summed E-state index contributed by atoms with van der Waals surface area (Å²) in [7, 11) is 4.30. The number of piperidine rings is 1. The molecule has 2 aliphatic rings. The minimum absolute atomic E-state index is 0.582. The van der Waals surface area contributed by atoms with E-state index in [-0.39, 0.29) is 0 Å². The van der Waals surface area contributed by atoms with Crippen LogP contribution in [0.5, 0.6) is 0 Å². The Morgan fingerprint density at radius 2 is 2.20 bits per heavy atom. The van der Waals surface area contributed by atoms with Gasteiger partial charge in [-0.25, -0.2) is 0 Å². The van der Waals surface area contributed by atoms with Gasteiger partial charge in [0.25, 0.3) is 0 Å². The molecule has 2 aliphatic heterocycles. The van der Waals surface area contributed by atoms with Crippen molar-refractivity contribution in [2.75, 3.05) is 27.2 Å². The van der Waals surface area contributed by atoms with Gasteiger partial charge in [-0.3, -0.25) is 4.90 Å². The van der Waals surface area contributed by atoms with Crippen LogP contribution in [-0.2, 0) is 0 Å². The number of hydrogen-bond donors (Lipinski definition) is 2. The van der Waals surface area contributed by atoms with E-state index in [0.717, 1.165) is 19.0 Å². The highest BCUT2D eigenvalue weighted by atomic mass is 15.2. The maximum Gasteiger partial charge on any atom is 0.0592 e. The molecule has 0 bridgehead atoms. The standard InChI is InChI=1S/C12H23N3/c1-15(2)12-6-5-11(9-14-12)10-4-3-7-13-8-10/h8,11-14H,3-7,9H2,1-2H3. The van der Waals surface area contributed by atoms with E-state index in [4.69, 9.17) is 0 Å². The molecule has 0 aromatic heterocycles. The van der Waals surface area contributed by atoms with Crippen LogP contribution in [0.3, 0.4) is 0 Å². The van der Waals surface area contributed by atoms with E-state index in [1.54, 1.807) is 5.57 Å². The van der Waals surface area contributed by atoms with E-state index in [1.165, 1.54) is 25.7 Å².